The van der Waals surface area contributed by atoms with E-state index in [1.807, 2.05) is 0 Å². The highest BCUT2D eigenvalue weighted by atomic mass is 16.5. The van der Waals surface area contributed by atoms with Crippen LogP contribution in [0.1, 0.15) is 12.8 Å². The number of carboxylic acid groups (broad SMARTS) is 1. The van der Waals surface area contributed by atoms with Crippen LogP contribution in [0.25, 0.3) is 0 Å². The number of aromatic nitrogens is 1. The smallest absolute Gasteiger partial charge is 0.323 e. The summed E-state index contributed by atoms with van der Waals surface area (Å²) >= 11 is 0. The molecular weight excluding hydrogens is 410 g/mol. The van der Waals surface area contributed by atoms with Crippen molar-refractivity contribution in [3.8, 4) is 0 Å². The van der Waals surface area contributed by atoms with Crippen LogP contribution in [0.5, 0.6) is 0 Å². The van der Waals surface area contributed by atoms with E-state index in [2.05, 4.69) is 20.4 Å². The van der Waals surface area contributed by atoms with Gasteiger partial charge in [0.05, 0.1) is 20.1 Å². The van der Waals surface area contributed by atoms with Gasteiger partial charge >= 0.3 is 11.9 Å². The summed E-state index contributed by atoms with van der Waals surface area (Å²) in [6.07, 6.45) is 1.31. The lowest BCUT2D eigenvalue weighted by Crippen LogP contribution is -2.61. The minimum atomic E-state index is -1.20. The second-order valence-corrected chi connectivity index (χ2v) is 6.71. The summed E-state index contributed by atoms with van der Waals surface area (Å²) in [6.45, 7) is -0.522. The second-order valence-electron chi connectivity index (χ2n) is 6.71. The first-order valence-electron chi connectivity index (χ1n) is 9.60. The second kappa shape index (κ2) is 11.5. The Morgan fingerprint density at radius 1 is 1.26 bits per heavy atom. The fraction of sp³-hybridized carbons (Fsp3) is 0.474. The number of methoxy groups -OCH3 is 1. The molecule has 0 spiro atoms. The zero-order chi connectivity index (χ0) is 22.8. The van der Waals surface area contributed by atoms with Crippen molar-refractivity contribution in [3.63, 3.8) is 0 Å². The number of carbonyl (C=O) groups excluding carboxylic acids is 4. The normalized spacial score (nSPS) is 15.9. The maximum absolute atomic E-state index is 12.6. The lowest BCUT2D eigenvalue weighted by atomic mass is 10.1. The lowest BCUT2D eigenvalue weighted by Gasteiger charge is -2.39. The summed E-state index contributed by atoms with van der Waals surface area (Å²) in [7, 11) is 1.15. The molecule has 1 aromatic heterocycles. The predicted molar refractivity (Wildman–Crippen MR) is 107 cm³/mol. The summed E-state index contributed by atoms with van der Waals surface area (Å²) in [6, 6.07) is 4.14. The van der Waals surface area contributed by atoms with E-state index in [0.717, 1.165) is 12.0 Å². The largest absolute Gasteiger partial charge is 0.480 e. The number of anilines is 1. The molecule has 0 aromatic carbocycles. The summed E-state index contributed by atoms with van der Waals surface area (Å²) in [5.74, 6) is -2.87. The van der Waals surface area contributed by atoms with Gasteiger partial charge in [-0.05, 0) is 12.1 Å². The molecule has 1 aliphatic heterocycles. The van der Waals surface area contributed by atoms with Crippen molar-refractivity contribution in [2.24, 2.45) is 0 Å². The molecule has 3 amide bonds. The van der Waals surface area contributed by atoms with Gasteiger partial charge in [0.2, 0.25) is 17.7 Å². The van der Waals surface area contributed by atoms with Crippen LogP contribution in [-0.2, 0) is 28.7 Å². The molecule has 0 bridgehead atoms. The number of hydrogen-bond acceptors (Lipinski definition) is 8. The highest BCUT2D eigenvalue weighted by molar-refractivity contribution is 5.94. The van der Waals surface area contributed by atoms with E-state index in [0.29, 0.717) is 12.4 Å². The number of piperazine rings is 1. The molecule has 12 nitrogen and oxygen atoms in total. The summed E-state index contributed by atoms with van der Waals surface area (Å²) < 4.78 is 4.58. The van der Waals surface area contributed by atoms with Crippen molar-refractivity contribution in [1.82, 2.24) is 20.1 Å². The number of aliphatic carboxylic acids is 1. The lowest BCUT2D eigenvalue weighted by molar-refractivity contribution is -0.158. The van der Waals surface area contributed by atoms with E-state index in [4.69, 9.17) is 5.11 Å². The molecule has 1 saturated heterocycles. The Morgan fingerprint density at radius 2 is 2.03 bits per heavy atom. The summed E-state index contributed by atoms with van der Waals surface area (Å²) in [5, 5.41) is 14.4. The van der Waals surface area contributed by atoms with Gasteiger partial charge in [0, 0.05) is 32.3 Å². The maximum Gasteiger partial charge on any atom is 0.323 e. The highest BCUT2D eigenvalue weighted by Crippen LogP contribution is 2.15. The molecule has 1 aromatic rings. The van der Waals surface area contributed by atoms with Crippen LogP contribution in [-0.4, -0.2) is 95.4 Å². The molecule has 2 heterocycles. The van der Waals surface area contributed by atoms with Gasteiger partial charge in [-0.2, -0.15) is 0 Å². The van der Waals surface area contributed by atoms with E-state index in [9.17, 15) is 24.0 Å². The SMILES string of the molecule is COC(=O)C[C@H]1C(=O)N(CC(=O)O)CCN1C(=O)CNC(=O)CCNc1ccccn1. The van der Waals surface area contributed by atoms with Gasteiger partial charge in [-0.1, -0.05) is 6.07 Å². The minimum Gasteiger partial charge on any atom is -0.480 e. The van der Waals surface area contributed by atoms with Crippen molar-refractivity contribution in [3.05, 3.63) is 24.4 Å². The van der Waals surface area contributed by atoms with E-state index >= 15 is 0 Å². The number of hydrogen-bond donors (Lipinski definition) is 3. The number of carbonyl (C=O) groups is 5. The molecule has 0 radical (unpaired) electrons. The van der Waals surface area contributed by atoms with Crippen LogP contribution in [0.4, 0.5) is 5.82 Å². The number of pyridine rings is 1. The zero-order valence-electron chi connectivity index (χ0n) is 17.1. The topological polar surface area (TPSA) is 158 Å². The number of esters is 1. The van der Waals surface area contributed by atoms with Crippen LogP contribution in [0.3, 0.4) is 0 Å². The Bertz CT molecular complexity index is 817. The molecular formula is C19H25N5O7. The number of nitrogens with one attached hydrogen (secondary N) is 2. The van der Waals surface area contributed by atoms with E-state index in [1.165, 1.54) is 4.90 Å². The molecule has 2 rings (SSSR count). The minimum absolute atomic E-state index is 0.0104. The average Bonchev–Trinajstić information content (AvgIpc) is 2.75. The van der Waals surface area contributed by atoms with Crippen LogP contribution < -0.4 is 10.6 Å². The fourth-order valence-electron chi connectivity index (χ4n) is 3.03. The number of carboxylic acids is 1. The van der Waals surface area contributed by atoms with E-state index < -0.39 is 42.8 Å². The fourth-order valence-corrected chi connectivity index (χ4v) is 3.03. The van der Waals surface area contributed by atoms with Crippen molar-refractivity contribution >= 4 is 35.5 Å². The molecule has 0 unspecified atom stereocenters. The summed E-state index contributed by atoms with van der Waals surface area (Å²) in [5.41, 5.74) is 0. The van der Waals surface area contributed by atoms with Crippen LogP contribution in [0.2, 0.25) is 0 Å². The Hall–Kier alpha value is -3.70. The maximum atomic E-state index is 12.6. The summed E-state index contributed by atoms with van der Waals surface area (Å²) in [4.78, 5) is 66.2. The molecule has 1 fully saturated rings. The Morgan fingerprint density at radius 3 is 2.68 bits per heavy atom. The highest BCUT2D eigenvalue weighted by Gasteiger charge is 2.39. The Kier molecular flexibility index (Phi) is 8.73. The van der Waals surface area contributed by atoms with Gasteiger partial charge < -0.3 is 30.3 Å². The van der Waals surface area contributed by atoms with Gasteiger partial charge in [0.15, 0.2) is 0 Å². The molecule has 31 heavy (non-hydrogen) atoms. The molecule has 0 aliphatic carbocycles. The van der Waals surface area contributed by atoms with Crippen molar-refractivity contribution < 1.29 is 33.8 Å². The van der Waals surface area contributed by atoms with E-state index in [-0.39, 0.29) is 32.0 Å². The van der Waals surface area contributed by atoms with E-state index in [1.54, 1.807) is 24.4 Å². The van der Waals surface area contributed by atoms with Gasteiger partial charge in [-0.25, -0.2) is 4.98 Å². The third-order valence-electron chi connectivity index (χ3n) is 4.58. The van der Waals surface area contributed by atoms with Gasteiger partial charge in [-0.3, -0.25) is 24.0 Å². The Balaban J connectivity index is 1.88. The molecule has 1 atom stereocenters. The Labute approximate surface area is 178 Å². The third-order valence-corrected chi connectivity index (χ3v) is 4.58. The standard InChI is InChI=1S/C19H25N5O7/c1-31-18(29)10-13-19(30)23(12-17(27)28)8-9-24(13)16(26)11-22-15(25)5-7-21-14-4-2-3-6-20-14/h2-4,6,13H,5,7-12H2,1H3,(H,20,21)(H,22,25)(H,27,28)/t13-/m0/s1. The van der Waals surface area contributed by atoms with Crippen molar-refractivity contribution in [1.29, 1.82) is 0 Å². The first kappa shape index (κ1) is 23.6. The molecule has 3 N–H and O–H groups in total. The van der Waals surface area contributed by atoms with Gasteiger partial charge in [-0.15, -0.1) is 0 Å². The molecule has 1 aliphatic rings. The number of ether oxygens (including phenoxy) is 1. The molecule has 12 heteroatoms. The van der Waals surface area contributed by atoms with Crippen molar-refractivity contribution in [2.75, 3.05) is 45.2 Å². The first-order valence-corrected chi connectivity index (χ1v) is 9.60. The monoisotopic (exact) mass is 435 g/mol. The van der Waals surface area contributed by atoms with Gasteiger partial charge in [0.25, 0.3) is 0 Å². The van der Waals surface area contributed by atoms with Gasteiger partial charge in [0.1, 0.15) is 18.4 Å². The number of rotatable bonds is 10. The van der Waals surface area contributed by atoms with Crippen LogP contribution in [0.15, 0.2) is 24.4 Å². The number of nitrogens with zero attached hydrogens (tertiary/aromatic N) is 3. The predicted octanol–water partition coefficient (Wildman–Crippen LogP) is -1.31. The molecule has 0 saturated carbocycles. The van der Waals surface area contributed by atoms with Crippen LogP contribution >= 0.6 is 0 Å². The molecule has 168 valence electrons. The van der Waals surface area contributed by atoms with Crippen LogP contribution in [0, 0.1) is 0 Å². The average molecular weight is 435 g/mol. The van der Waals surface area contributed by atoms with Crippen molar-refractivity contribution in [2.45, 2.75) is 18.9 Å². The third kappa shape index (κ3) is 7.24. The zero-order valence-corrected chi connectivity index (χ0v) is 17.1. The number of amides is 3. The first-order chi connectivity index (χ1) is 14.8. The quantitative estimate of drug-likeness (QED) is 0.379.